The van der Waals surface area contributed by atoms with Crippen molar-refractivity contribution in [3.8, 4) is 0 Å². The minimum Gasteiger partial charge on any atom is -0.467 e. The summed E-state index contributed by atoms with van der Waals surface area (Å²) in [4.78, 5) is 11.7. The summed E-state index contributed by atoms with van der Waals surface area (Å²) in [6.07, 6.45) is 5.30. The number of ether oxygens (including phenoxy) is 2. The molecule has 0 aromatic carbocycles. The highest BCUT2D eigenvalue weighted by Gasteiger charge is 2.74. The van der Waals surface area contributed by atoms with Gasteiger partial charge in [0.15, 0.2) is 5.60 Å². The Morgan fingerprint density at radius 2 is 2.06 bits per heavy atom. The van der Waals surface area contributed by atoms with E-state index >= 15 is 0 Å². The third-order valence-electron chi connectivity index (χ3n) is 5.34. The molecule has 3 aliphatic rings. The predicted molar refractivity (Wildman–Crippen MR) is 58.8 cm³/mol. The van der Waals surface area contributed by atoms with Crippen LogP contribution in [0.25, 0.3) is 0 Å². The number of epoxide rings is 1. The molecule has 5 atom stereocenters. The Morgan fingerprint density at radius 3 is 2.56 bits per heavy atom. The molecule has 0 N–H and O–H groups in total. The van der Waals surface area contributed by atoms with Crippen molar-refractivity contribution in [1.82, 2.24) is 0 Å². The van der Waals surface area contributed by atoms with Gasteiger partial charge < -0.3 is 9.47 Å². The molecule has 3 nitrogen and oxygen atoms in total. The summed E-state index contributed by atoms with van der Waals surface area (Å²) in [5, 5.41) is 0. The van der Waals surface area contributed by atoms with E-state index in [9.17, 15) is 4.79 Å². The molecule has 0 radical (unpaired) electrons. The Bertz CT molecular complexity index is 340. The first-order valence-corrected chi connectivity index (χ1v) is 6.30. The summed E-state index contributed by atoms with van der Waals surface area (Å²) in [7, 11) is 1.44. The zero-order valence-corrected chi connectivity index (χ0v) is 10.3. The van der Waals surface area contributed by atoms with Gasteiger partial charge in [0, 0.05) is 0 Å². The topological polar surface area (TPSA) is 38.8 Å². The third kappa shape index (κ3) is 1.10. The molecule has 2 saturated carbocycles. The van der Waals surface area contributed by atoms with Gasteiger partial charge in [0.05, 0.1) is 7.11 Å². The Labute approximate surface area is 96.5 Å². The number of hydrogen-bond donors (Lipinski definition) is 0. The highest BCUT2D eigenvalue weighted by atomic mass is 16.7. The molecule has 0 aromatic heterocycles. The molecular formula is C13H20O3. The van der Waals surface area contributed by atoms with E-state index in [0.717, 1.165) is 11.8 Å². The summed E-state index contributed by atoms with van der Waals surface area (Å²) in [5.74, 6) is 2.02. The number of esters is 1. The molecule has 5 unspecified atom stereocenters. The smallest absolute Gasteiger partial charge is 0.340 e. The summed E-state index contributed by atoms with van der Waals surface area (Å²) in [6, 6.07) is 0. The van der Waals surface area contributed by atoms with Crippen LogP contribution >= 0.6 is 0 Å². The van der Waals surface area contributed by atoms with Crippen molar-refractivity contribution in [3.63, 3.8) is 0 Å². The average Bonchev–Trinajstić information content (AvgIpc) is 2.69. The number of hydrogen-bond acceptors (Lipinski definition) is 3. The lowest BCUT2D eigenvalue weighted by Crippen LogP contribution is -2.37. The zero-order chi connectivity index (χ0) is 11.6. The van der Waals surface area contributed by atoms with Crippen LogP contribution in [0.3, 0.4) is 0 Å². The second kappa shape index (κ2) is 3.00. The Kier molecular flexibility index (Phi) is 1.99. The van der Waals surface area contributed by atoms with Crippen molar-refractivity contribution < 1.29 is 14.3 Å². The van der Waals surface area contributed by atoms with Crippen LogP contribution in [-0.4, -0.2) is 24.3 Å². The SMILES string of the molecule is COC(=O)C1(C)OC1(C)C1CC2CCC1C2. The molecule has 3 rings (SSSR count). The van der Waals surface area contributed by atoms with Crippen molar-refractivity contribution in [2.75, 3.05) is 7.11 Å². The lowest BCUT2D eigenvalue weighted by atomic mass is 9.75. The molecular weight excluding hydrogens is 204 g/mol. The maximum atomic E-state index is 11.7. The van der Waals surface area contributed by atoms with E-state index in [1.165, 1.54) is 32.8 Å². The minimum absolute atomic E-state index is 0.210. The monoisotopic (exact) mass is 224 g/mol. The summed E-state index contributed by atoms with van der Waals surface area (Å²) < 4.78 is 10.7. The molecule has 2 aliphatic carbocycles. The van der Waals surface area contributed by atoms with Gasteiger partial charge in [0.2, 0.25) is 0 Å². The maximum absolute atomic E-state index is 11.7. The van der Waals surface area contributed by atoms with Crippen molar-refractivity contribution in [2.45, 2.75) is 50.7 Å². The van der Waals surface area contributed by atoms with Crippen molar-refractivity contribution in [3.05, 3.63) is 0 Å². The standard InChI is InChI=1S/C13H20O3/c1-12(13(2,16-12)11(14)15-3)10-7-8-4-5-9(10)6-8/h8-10H,4-7H2,1-3H3. The first kappa shape index (κ1) is 10.6. The van der Waals surface area contributed by atoms with Gasteiger partial charge in [-0.2, -0.15) is 0 Å². The molecule has 0 amide bonds. The van der Waals surface area contributed by atoms with Crippen LogP contribution < -0.4 is 0 Å². The van der Waals surface area contributed by atoms with Crippen LogP contribution in [0.2, 0.25) is 0 Å². The zero-order valence-electron chi connectivity index (χ0n) is 10.3. The Morgan fingerprint density at radius 1 is 1.31 bits per heavy atom. The normalized spacial score (nSPS) is 54.1. The third-order valence-corrected chi connectivity index (χ3v) is 5.34. The van der Waals surface area contributed by atoms with Crippen molar-refractivity contribution in [1.29, 1.82) is 0 Å². The van der Waals surface area contributed by atoms with E-state index in [1.807, 2.05) is 6.92 Å². The fourth-order valence-corrected chi connectivity index (χ4v) is 4.19. The summed E-state index contributed by atoms with van der Waals surface area (Å²) in [6.45, 7) is 3.97. The van der Waals surface area contributed by atoms with Crippen LogP contribution in [0.4, 0.5) is 0 Å². The molecule has 3 fully saturated rings. The quantitative estimate of drug-likeness (QED) is 0.533. The first-order chi connectivity index (χ1) is 7.51. The number of carbonyl (C=O) groups is 1. The molecule has 0 aromatic rings. The fourth-order valence-electron chi connectivity index (χ4n) is 4.19. The average molecular weight is 224 g/mol. The highest BCUT2D eigenvalue weighted by molar-refractivity contribution is 5.84. The van der Waals surface area contributed by atoms with Gasteiger partial charge in [0.1, 0.15) is 5.60 Å². The van der Waals surface area contributed by atoms with Crippen molar-refractivity contribution >= 4 is 5.97 Å². The van der Waals surface area contributed by atoms with Gasteiger partial charge in [-0.25, -0.2) is 4.79 Å². The van der Waals surface area contributed by atoms with E-state index in [2.05, 4.69) is 6.92 Å². The van der Waals surface area contributed by atoms with E-state index in [1.54, 1.807) is 0 Å². The second-order valence-electron chi connectivity index (χ2n) is 6.02. The number of carbonyl (C=O) groups excluding carboxylic acids is 1. The van der Waals surface area contributed by atoms with E-state index in [0.29, 0.717) is 5.92 Å². The maximum Gasteiger partial charge on any atom is 0.340 e. The fraction of sp³-hybridized carbons (Fsp3) is 0.923. The summed E-state index contributed by atoms with van der Waals surface area (Å²) in [5.41, 5.74) is -0.948. The van der Waals surface area contributed by atoms with Crippen LogP contribution in [0.15, 0.2) is 0 Å². The van der Waals surface area contributed by atoms with Crippen LogP contribution in [0, 0.1) is 17.8 Å². The minimum atomic E-state index is -0.684. The molecule has 1 heterocycles. The van der Waals surface area contributed by atoms with Crippen LogP contribution in [0.1, 0.15) is 39.5 Å². The van der Waals surface area contributed by atoms with Crippen molar-refractivity contribution in [2.24, 2.45) is 17.8 Å². The number of methoxy groups -OCH3 is 1. The molecule has 3 heteroatoms. The molecule has 0 spiro atoms. The van der Waals surface area contributed by atoms with Gasteiger partial charge in [-0.15, -0.1) is 0 Å². The highest BCUT2D eigenvalue weighted by Crippen LogP contribution is 2.63. The molecule has 2 bridgehead atoms. The van der Waals surface area contributed by atoms with Gasteiger partial charge in [0.25, 0.3) is 0 Å². The molecule has 16 heavy (non-hydrogen) atoms. The van der Waals surface area contributed by atoms with E-state index in [4.69, 9.17) is 9.47 Å². The van der Waals surface area contributed by atoms with E-state index < -0.39 is 5.60 Å². The number of fused-ring (bicyclic) bond motifs is 2. The lowest BCUT2D eigenvalue weighted by molar-refractivity contribution is -0.146. The van der Waals surface area contributed by atoms with Gasteiger partial charge >= 0.3 is 5.97 Å². The van der Waals surface area contributed by atoms with Crippen LogP contribution in [0.5, 0.6) is 0 Å². The van der Waals surface area contributed by atoms with E-state index in [-0.39, 0.29) is 11.6 Å². The molecule has 1 aliphatic heterocycles. The Hall–Kier alpha value is -0.570. The molecule has 1 saturated heterocycles. The second-order valence-corrected chi connectivity index (χ2v) is 6.02. The largest absolute Gasteiger partial charge is 0.467 e. The van der Waals surface area contributed by atoms with Gasteiger partial charge in [-0.05, 0) is 50.9 Å². The van der Waals surface area contributed by atoms with Gasteiger partial charge in [-0.3, -0.25) is 0 Å². The van der Waals surface area contributed by atoms with Gasteiger partial charge in [-0.1, -0.05) is 6.42 Å². The summed E-state index contributed by atoms with van der Waals surface area (Å²) >= 11 is 0. The predicted octanol–water partition coefficient (Wildman–Crippen LogP) is 2.14. The number of rotatable bonds is 2. The first-order valence-electron chi connectivity index (χ1n) is 6.30. The molecule has 90 valence electrons. The Balaban J connectivity index is 1.79. The lowest BCUT2D eigenvalue weighted by Gasteiger charge is -2.27. The van der Waals surface area contributed by atoms with Crippen LogP contribution in [-0.2, 0) is 14.3 Å².